The molecule has 0 aromatic heterocycles. The number of nitrogens with two attached hydrogens (primary N) is 1. The van der Waals surface area contributed by atoms with Gasteiger partial charge >= 0.3 is 0 Å². The van der Waals surface area contributed by atoms with Crippen LogP contribution in [0.3, 0.4) is 0 Å². The number of benzene rings is 1. The summed E-state index contributed by atoms with van der Waals surface area (Å²) in [6.07, 6.45) is 1.64. The predicted octanol–water partition coefficient (Wildman–Crippen LogP) is -0.636. The predicted molar refractivity (Wildman–Crippen MR) is 74.0 cm³/mol. The van der Waals surface area contributed by atoms with Crippen molar-refractivity contribution in [1.82, 2.24) is 10.0 Å². The highest BCUT2D eigenvalue weighted by Crippen LogP contribution is 2.16. The summed E-state index contributed by atoms with van der Waals surface area (Å²) in [5, 5.41) is 8.10. The van der Waals surface area contributed by atoms with E-state index in [-0.39, 0.29) is 15.8 Å². The number of hydrogen-bond acceptors (Lipinski definition) is 5. The van der Waals surface area contributed by atoms with Crippen LogP contribution in [0.2, 0.25) is 0 Å². The van der Waals surface area contributed by atoms with E-state index in [9.17, 15) is 16.8 Å². The van der Waals surface area contributed by atoms with Crippen LogP contribution in [0.15, 0.2) is 34.1 Å². The molecule has 1 aliphatic rings. The van der Waals surface area contributed by atoms with Crippen molar-refractivity contribution < 1.29 is 16.8 Å². The summed E-state index contributed by atoms with van der Waals surface area (Å²) in [5.74, 6) is 0. The number of sulfonamides is 2. The Morgan fingerprint density at radius 2 is 1.90 bits per heavy atom. The molecule has 0 bridgehead atoms. The van der Waals surface area contributed by atoms with Crippen molar-refractivity contribution in [1.29, 1.82) is 0 Å². The fraction of sp³-hybridized carbons (Fsp3) is 0.455. The van der Waals surface area contributed by atoms with Gasteiger partial charge in [0.15, 0.2) is 0 Å². The van der Waals surface area contributed by atoms with Crippen LogP contribution in [-0.2, 0) is 20.0 Å². The van der Waals surface area contributed by atoms with E-state index in [1.54, 1.807) is 0 Å². The van der Waals surface area contributed by atoms with Gasteiger partial charge in [0.25, 0.3) is 0 Å². The molecule has 1 saturated heterocycles. The number of nitrogens with one attached hydrogen (secondary N) is 2. The molecule has 1 aliphatic heterocycles. The first-order chi connectivity index (χ1) is 9.29. The van der Waals surface area contributed by atoms with Gasteiger partial charge in [-0.3, -0.25) is 0 Å². The maximum absolute atomic E-state index is 12.2. The van der Waals surface area contributed by atoms with Gasteiger partial charge in [0.1, 0.15) is 0 Å². The molecule has 1 aromatic rings. The standard InChI is InChI=1S/C11H17N3O4S2/c12-19(15,16)10-4-1-5-11(7-10)20(17,18)14-9-3-2-6-13-8-9/h1,4-5,7,9,13-14H,2-3,6,8H2,(H2,12,15,16). The van der Waals surface area contributed by atoms with Crippen LogP contribution in [0.5, 0.6) is 0 Å². The van der Waals surface area contributed by atoms with Crippen LogP contribution in [0, 0.1) is 0 Å². The number of piperidine rings is 1. The lowest BCUT2D eigenvalue weighted by Gasteiger charge is -2.23. The number of primary sulfonamides is 1. The van der Waals surface area contributed by atoms with Gasteiger partial charge < -0.3 is 5.32 Å². The molecular weight excluding hydrogens is 302 g/mol. The second kappa shape index (κ2) is 5.78. The molecule has 7 nitrogen and oxygen atoms in total. The Bertz CT molecular complexity index is 679. The minimum atomic E-state index is -3.92. The summed E-state index contributed by atoms with van der Waals surface area (Å²) in [5.41, 5.74) is 0. The molecule has 20 heavy (non-hydrogen) atoms. The third kappa shape index (κ3) is 3.76. The molecule has 4 N–H and O–H groups in total. The maximum Gasteiger partial charge on any atom is 0.240 e. The van der Waals surface area contributed by atoms with E-state index in [1.165, 1.54) is 18.2 Å². The van der Waals surface area contributed by atoms with E-state index in [1.807, 2.05) is 0 Å². The fourth-order valence-corrected chi connectivity index (χ4v) is 4.01. The van der Waals surface area contributed by atoms with Gasteiger partial charge in [-0.1, -0.05) is 6.07 Å². The van der Waals surface area contributed by atoms with Gasteiger partial charge in [-0.15, -0.1) is 0 Å². The van der Waals surface area contributed by atoms with E-state index < -0.39 is 20.0 Å². The molecule has 0 amide bonds. The SMILES string of the molecule is NS(=O)(=O)c1cccc(S(=O)(=O)NC2CCCNC2)c1. The van der Waals surface area contributed by atoms with Crippen LogP contribution in [0.4, 0.5) is 0 Å². The van der Waals surface area contributed by atoms with Gasteiger partial charge in [-0.2, -0.15) is 0 Å². The number of hydrogen-bond donors (Lipinski definition) is 3. The Hall–Kier alpha value is -1.00. The second-order valence-corrected chi connectivity index (χ2v) is 7.96. The van der Waals surface area contributed by atoms with E-state index in [2.05, 4.69) is 10.0 Å². The zero-order valence-corrected chi connectivity index (χ0v) is 12.4. The monoisotopic (exact) mass is 319 g/mol. The fourth-order valence-electron chi connectivity index (χ4n) is 2.06. The third-order valence-corrected chi connectivity index (χ3v) is 5.49. The Kier molecular flexibility index (Phi) is 4.45. The highest BCUT2D eigenvalue weighted by Gasteiger charge is 2.22. The smallest absolute Gasteiger partial charge is 0.240 e. The van der Waals surface area contributed by atoms with E-state index in [0.29, 0.717) is 6.54 Å². The zero-order chi connectivity index (χ0) is 14.8. The Balaban J connectivity index is 2.25. The zero-order valence-electron chi connectivity index (χ0n) is 10.7. The highest BCUT2D eigenvalue weighted by atomic mass is 32.2. The quantitative estimate of drug-likeness (QED) is 0.682. The van der Waals surface area contributed by atoms with Crippen molar-refractivity contribution in [2.24, 2.45) is 5.14 Å². The van der Waals surface area contributed by atoms with Crippen molar-refractivity contribution in [3.05, 3.63) is 24.3 Å². The summed E-state index contributed by atoms with van der Waals surface area (Å²) in [6.45, 7) is 1.44. The number of rotatable bonds is 4. The molecule has 1 heterocycles. The second-order valence-electron chi connectivity index (χ2n) is 4.68. The average molecular weight is 319 g/mol. The summed E-state index contributed by atoms with van der Waals surface area (Å²) >= 11 is 0. The maximum atomic E-state index is 12.2. The molecule has 0 spiro atoms. The molecule has 0 radical (unpaired) electrons. The van der Waals surface area contributed by atoms with Gasteiger partial charge in [-0.25, -0.2) is 26.7 Å². The summed E-state index contributed by atoms with van der Waals surface area (Å²) in [7, 11) is -7.68. The Morgan fingerprint density at radius 3 is 2.50 bits per heavy atom. The highest BCUT2D eigenvalue weighted by molar-refractivity contribution is 7.90. The van der Waals surface area contributed by atoms with Crippen LogP contribution in [0.25, 0.3) is 0 Å². The largest absolute Gasteiger partial charge is 0.315 e. The third-order valence-electron chi connectivity index (χ3n) is 3.06. The molecule has 1 unspecified atom stereocenters. The Labute approximate surface area is 118 Å². The lowest BCUT2D eigenvalue weighted by molar-refractivity contribution is 0.428. The van der Waals surface area contributed by atoms with Crippen LogP contribution >= 0.6 is 0 Å². The van der Waals surface area contributed by atoms with E-state index in [0.717, 1.165) is 25.5 Å². The van der Waals surface area contributed by atoms with E-state index >= 15 is 0 Å². The van der Waals surface area contributed by atoms with Gasteiger partial charge in [0, 0.05) is 12.6 Å². The first-order valence-corrected chi connectivity index (χ1v) is 9.18. The first kappa shape index (κ1) is 15.4. The molecule has 0 aliphatic carbocycles. The molecule has 1 atom stereocenters. The van der Waals surface area contributed by atoms with Crippen molar-refractivity contribution in [3.8, 4) is 0 Å². The average Bonchev–Trinajstić information content (AvgIpc) is 2.38. The summed E-state index contributed by atoms with van der Waals surface area (Å²) in [6, 6.07) is 4.83. The van der Waals surface area contributed by atoms with Crippen molar-refractivity contribution in [3.63, 3.8) is 0 Å². The Morgan fingerprint density at radius 1 is 1.20 bits per heavy atom. The lowest BCUT2D eigenvalue weighted by Crippen LogP contribution is -2.45. The van der Waals surface area contributed by atoms with Crippen LogP contribution in [0.1, 0.15) is 12.8 Å². The first-order valence-electron chi connectivity index (χ1n) is 6.15. The van der Waals surface area contributed by atoms with Gasteiger partial charge in [-0.05, 0) is 37.6 Å². The molecule has 9 heteroatoms. The molecule has 0 saturated carbocycles. The minimum absolute atomic E-state index is 0.102. The van der Waals surface area contributed by atoms with Gasteiger partial charge in [0.05, 0.1) is 9.79 Å². The van der Waals surface area contributed by atoms with Crippen LogP contribution < -0.4 is 15.2 Å². The molecule has 2 rings (SSSR count). The van der Waals surface area contributed by atoms with Crippen molar-refractivity contribution >= 4 is 20.0 Å². The van der Waals surface area contributed by atoms with E-state index in [4.69, 9.17) is 5.14 Å². The molecule has 1 aromatic carbocycles. The summed E-state index contributed by atoms with van der Waals surface area (Å²) in [4.78, 5) is -0.322. The topological polar surface area (TPSA) is 118 Å². The molecule has 112 valence electrons. The van der Waals surface area contributed by atoms with Crippen LogP contribution in [-0.4, -0.2) is 36.0 Å². The molecular formula is C11H17N3O4S2. The lowest BCUT2D eigenvalue weighted by atomic mass is 10.1. The van der Waals surface area contributed by atoms with Crippen molar-refractivity contribution in [2.45, 2.75) is 28.7 Å². The van der Waals surface area contributed by atoms with Crippen molar-refractivity contribution in [2.75, 3.05) is 13.1 Å². The normalized spacial score (nSPS) is 20.8. The summed E-state index contributed by atoms with van der Waals surface area (Å²) < 4.78 is 49.5. The molecule has 1 fully saturated rings. The minimum Gasteiger partial charge on any atom is -0.315 e. The van der Waals surface area contributed by atoms with Gasteiger partial charge in [0.2, 0.25) is 20.0 Å².